The number of hydrogen-bond donors (Lipinski definition) is 2. The van der Waals surface area contributed by atoms with Gasteiger partial charge >= 0.3 is 6.03 Å². The zero-order chi connectivity index (χ0) is 13.8. The molecule has 0 bridgehead atoms. The highest BCUT2D eigenvalue weighted by Crippen LogP contribution is 2.23. The van der Waals surface area contributed by atoms with Crippen LogP contribution in [-0.4, -0.2) is 6.03 Å². The van der Waals surface area contributed by atoms with Gasteiger partial charge in [-0.15, -0.1) is 0 Å². The summed E-state index contributed by atoms with van der Waals surface area (Å²) in [5.74, 6) is -0.472. The van der Waals surface area contributed by atoms with Crippen molar-refractivity contribution in [3.63, 3.8) is 0 Å². The van der Waals surface area contributed by atoms with Gasteiger partial charge in [0.25, 0.3) is 0 Å². The monoisotopic (exact) mass is 322 g/mol. The summed E-state index contributed by atoms with van der Waals surface area (Å²) < 4.78 is 14.1. The molecule has 0 unspecified atom stereocenters. The Hall–Kier alpha value is -1.88. The van der Waals surface area contributed by atoms with Crippen LogP contribution in [-0.2, 0) is 0 Å². The van der Waals surface area contributed by atoms with Gasteiger partial charge in [-0.05, 0) is 52.7 Å². The largest absolute Gasteiger partial charge is 0.323 e. The number of rotatable bonds is 2. The van der Waals surface area contributed by atoms with Crippen LogP contribution in [0.3, 0.4) is 0 Å². The van der Waals surface area contributed by atoms with E-state index in [-0.39, 0.29) is 5.69 Å². The van der Waals surface area contributed by atoms with Crippen LogP contribution < -0.4 is 10.6 Å². The van der Waals surface area contributed by atoms with Crippen LogP contribution in [0.15, 0.2) is 46.9 Å². The van der Waals surface area contributed by atoms with E-state index < -0.39 is 11.8 Å². The molecule has 98 valence electrons. The number of carbonyl (C=O) groups excluding carboxylic acids is 1. The second kappa shape index (κ2) is 5.84. The SMILES string of the molecule is Cc1ccc(NC(=O)Nc2ccccc2F)c(Br)c1. The third-order valence-electron chi connectivity index (χ3n) is 2.49. The molecule has 0 aliphatic rings. The van der Waals surface area contributed by atoms with Crippen LogP contribution in [0.4, 0.5) is 20.6 Å². The second-order valence-electron chi connectivity index (χ2n) is 4.04. The minimum Gasteiger partial charge on any atom is -0.307 e. The molecule has 0 fully saturated rings. The zero-order valence-corrected chi connectivity index (χ0v) is 11.8. The van der Waals surface area contributed by atoms with E-state index >= 15 is 0 Å². The Kier molecular flexibility index (Phi) is 4.16. The Morgan fingerprint density at radius 3 is 2.47 bits per heavy atom. The molecule has 0 atom stereocenters. The number of para-hydroxylation sites is 1. The molecule has 0 saturated heterocycles. The summed E-state index contributed by atoms with van der Waals surface area (Å²) in [5, 5.41) is 5.10. The van der Waals surface area contributed by atoms with Crippen LogP contribution >= 0.6 is 15.9 Å². The first-order valence-corrected chi connectivity index (χ1v) is 6.44. The lowest BCUT2D eigenvalue weighted by Gasteiger charge is -2.10. The first-order valence-electron chi connectivity index (χ1n) is 5.65. The second-order valence-corrected chi connectivity index (χ2v) is 4.90. The van der Waals surface area contributed by atoms with Crippen LogP contribution in [0.2, 0.25) is 0 Å². The number of benzene rings is 2. The van der Waals surface area contributed by atoms with E-state index in [0.29, 0.717) is 5.69 Å². The van der Waals surface area contributed by atoms with Crippen molar-refractivity contribution < 1.29 is 9.18 Å². The molecule has 2 aromatic rings. The summed E-state index contributed by atoms with van der Waals surface area (Å²) in [6, 6.07) is 11.1. The fourth-order valence-electron chi connectivity index (χ4n) is 1.56. The van der Waals surface area contributed by atoms with Crippen molar-refractivity contribution in [2.45, 2.75) is 6.92 Å². The summed E-state index contributed by atoms with van der Waals surface area (Å²) in [5.41, 5.74) is 1.84. The number of aryl methyl sites for hydroxylation is 1. The number of halogens is 2. The summed E-state index contributed by atoms with van der Waals surface area (Å²) in [7, 11) is 0. The third-order valence-corrected chi connectivity index (χ3v) is 3.15. The Bertz CT molecular complexity index is 616. The number of amides is 2. The zero-order valence-electron chi connectivity index (χ0n) is 10.2. The van der Waals surface area contributed by atoms with Crippen LogP contribution in [0.5, 0.6) is 0 Å². The van der Waals surface area contributed by atoms with Crippen molar-refractivity contribution in [1.29, 1.82) is 0 Å². The van der Waals surface area contributed by atoms with Crippen LogP contribution in [0, 0.1) is 12.7 Å². The highest BCUT2D eigenvalue weighted by atomic mass is 79.9. The van der Waals surface area contributed by atoms with E-state index in [0.717, 1.165) is 10.0 Å². The standard InChI is InChI=1S/C14H12BrFN2O/c1-9-6-7-12(10(15)8-9)17-14(19)18-13-5-3-2-4-11(13)16/h2-8H,1H3,(H2,17,18,19). The first-order chi connectivity index (χ1) is 9.06. The van der Waals surface area contributed by atoms with Crippen molar-refractivity contribution in [3.8, 4) is 0 Å². The van der Waals surface area contributed by atoms with E-state index in [1.807, 2.05) is 19.1 Å². The summed E-state index contributed by atoms with van der Waals surface area (Å²) >= 11 is 3.36. The smallest absolute Gasteiger partial charge is 0.307 e. The van der Waals surface area contributed by atoms with Crippen molar-refractivity contribution in [2.24, 2.45) is 0 Å². The maximum Gasteiger partial charge on any atom is 0.323 e. The summed E-state index contributed by atoms with van der Waals surface area (Å²) in [4.78, 5) is 11.8. The molecule has 2 N–H and O–H groups in total. The average molecular weight is 323 g/mol. The molecule has 2 amide bonds. The minimum absolute atomic E-state index is 0.142. The lowest BCUT2D eigenvalue weighted by molar-refractivity contribution is 0.262. The van der Waals surface area contributed by atoms with Crippen LogP contribution in [0.25, 0.3) is 0 Å². The fourth-order valence-corrected chi connectivity index (χ4v) is 2.15. The molecule has 0 aliphatic heterocycles. The third kappa shape index (κ3) is 3.54. The predicted octanol–water partition coefficient (Wildman–Crippen LogP) is 4.54. The molecular formula is C14H12BrFN2O. The predicted molar refractivity (Wildman–Crippen MR) is 77.9 cm³/mol. The van der Waals surface area contributed by atoms with E-state index in [1.165, 1.54) is 12.1 Å². The van der Waals surface area contributed by atoms with Gasteiger partial charge in [-0.1, -0.05) is 18.2 Å². The molecular weight excluding hydrogens is 311 g/mol. The number of anilines is 2. The van der Waals surface area contributed by atoms with Gasteiger partial charge in [-0.2, -0.15) is 0 Å². The highest BCUT2D eigenvalue weighted by molar-refractivity contribution is 9.10. The molecule has 0 heterocycles. The first kappa shape index (κ1) is 13.5. The van der Waals surface area contributed by atoms with Crippen molar-refractivity contribution >= 4 is 33.3 Å². The van der Waals surface area contributed by atoms with Crippen molar-refractivity contribution in [2.75, 3.05) is 10.6 Å². The van der Waals surface area contributed by atoms with Gasteiger partial charge in [0.2, 0.25) is 0 Å². The Labute approximate surface area is 119 Å². The Morgan fingerprint density at radius 2 is 1.79 bits per heavy atom. The molecule has 0 aliphatic carbocycles. The number of carbonyl (C=O) groups is 1. The average Bonchev–Trinajstić information content (AvgIpc) is 2.36. The molecule has 0 saturated carbocycles. The summed E-state index contributed by atoms with van der Waals surface area (Å²) in [6.07, 6.45) is 0. The van der Waals surface area contributed by atoms with Gasteiger partial charge < -0.3 is 10.6 Å². The van der Waals surface area contributed by atoms with Gasteiger partial charge in [0.05, 0.1) is 11.4 Å². The number of hydrogen-bond acceptors (Lipinski definition) is 1. The molecule has 0 radical (unpaired) electrons. The lowest BCUT2D eigenvalue weighted by atomic mass is 10.2. The molecule has 0 spiro atoms. The van der Waals surface area contributed by atoms with Gasteiger partial charge in [0, 0.05) is 4.47 Å². The quantitative estimate of drug-likeness (QED) is 0.837. The maximum absolute atomic E-state index is 13.4. The van der Waals surface area contributed by atoms with Gasteiger partial charge in [-0.3, -0.25) is 0 Å². The lowest BCUT2D eigenvalue weighted by Crippen LogP contribution is -2.20. The Balaban J connectivity index is 2.08. The molecule has 0 aromatic heterocycles. The van der Waals surface area contributed by atoms with Gasteiger partial charge in [0.15, 0.2) is 0 Å². The number of nitrogens with one attached hydrogen (secondary N) is 2. The van der Waals surface area contributed by atoms with Crippen molar-refractivity contribution in [3.05, 3.63) is 58.3 Å². The van der Waals surface area contributed by atoms with E-state index in [4.69, 9.17) is 0 Å². The van der Waals surface area contributed by atoms with E-state index in [1.54, 1.807) is 18.2 Å². The minimum atomic E-state index is -0.491. The van der Waals surface area contributed by atoms with E-state index in [2.05, 4.69) is 26.6 Å². The van der Waals surface area contributed by atoms with E-state index in [9.17, 15) is 9.18 Å². The normalized spacial score (nSPS) is 10.1. The number of urea groups is 1. The molecule has 19 heavy (non-hydrogen) atoms. The maximum atomic E-state index is 13.4. The highest BCUT2D eigenvalue weighted by Gasteiger charge is 2.08. The van der Waals surface area contributed by atoms with Gasteiger partial charge in [-0.25, -0.2) is 9.18 Å². The fraction of sp³-hybridized carbons (Fsp3) is 0.0714. The Morgan fingerprint density at radius 1 is 1.11 bits per heavy atom. The molecule has 2 aromatic carbocycles. The van der Waals surface area contributed by atoms with Crippen molar-refractivity contribution in [1.82, 2.24) is 0 Å². The summed E-state index contributed by atoms with van der Waals surface area (Å²) in [6.45, 7) is 1.95. The molecule has 3 nitrogen and oxygen atoms in total. The molecule has 5 heteroatoms. The topological polar surface area (TPSA) is 41.1 Å². The van der Waals surface area contributed by atoms with Crippen LogP contribution in [0.1, 0.15) is 5.56 Å². The van der Waals surface area contributed by atoms with Gasteiger partial charge in [0.1, 0.15) is 5.82 Å². The molecule has 2 rings (SSSR count).